The summed E-state index contributed by atoms with van der Waals surface area (Å²) in [7, 11) is 0. The smallest absolute Gasteiger partial charge is 0.136 e. The van der Waals surface area contributed by atoms with Gasteiger partial charge in [0.25, 0.3) is 0 Å². The molecule has 1 N–H and O–H groups in total. The first kappa shape index (κ1) is 33.7. The highest BCUT2D eigenvalue weighted by Gasteiger charge is 2.39. The number of aliphatic imine (C=N–C) groups is 1. The standard InChI is InChI=1S/C55H38N2O2/c1-55(2)43-30-35(37-21-13-25-49-52(37)40-19-9-11-23-47(40)58-49)27-28-39(43)51-42(46-32-45(33-15-5-3-6-16-33)56-54(57-46)34-17-7-4-8-18-34)29-36(31-44(51)55)38-22-14-26-50-53(38)41-20-10-12-24-48(41)59-50/h3-32,46H,1-2H3,(H,56,57). The largest absolute Gasteiger partial charge is 0.456 e. The molecule has 0 fully saturated rings. The van der Waals surface area contributed by atoms with Gasteiger partial charge in [-0.1, -0.05) is 147 Å². The highest BCUT2D eigenvalue weighted by atomic mass is 16.3. The SMILES string of the molecule is CC1(C)c2cc(-c3cccc4oc5ccccc5c34)ccc2-c2c(C3C=C(c4ccccc4)NC(c4ccccc4)=N3)cc(-c3cccc4oc5ccccc5c34)cc21. The normalized spacial score (nSPS) is 15.6. The Labute approximate surface area is 341 Å². The maximum atomic E-state index is 6.43. The van der Waals surface area contributed by atoms with Gasteiger partial charge in [0.2, 0.25) is 0 Å². The van der Waals surface area contributed by atoms with Gasteiger partial charge in [0.1, 0.15) is 28.2 Å². The van der Waals surface area contributed by atoms with Crippen LogP contribution in [0.5, 0.6) is 0 Å². The fourth-order valence-electron chi connectivity index (χ4n) is 9.69. The molecule has 4 heteroatoms. The summed E-state index contributed by atoms with van der Waals surface area (Å²) in [5, 5.41) is 8.24. The molecule has 0 saturated heterocycles. The van der Waals surface area contributed by atoms with Crippen molar-refractivity contribution in [1.82, 2.24) is 5.32 Å². The second-order valence-electron chi connectivity index (χ2n) is 16.3. The monoisotopic (exact) mass is 758 g/mol. The minimum atomic E-state index is -0.324. The lowest BCUT2D eigenvalue weighted by Crippen LogP contribution is -2.27. The van der Waals surface area contributed by atoms with Crippen LogP contribution >= 0.6 is 0 Å². The molecule has 4 nitrogen and oxygen atoms in total. The first-order valence-electron chi connectivity index (χ1n) is 20.3. The maximum absolute atomic E-state index is 6.43. The highest BCUT2D eigenvalue weighted by Crippen LogP contribution is 2.55. The molecule has 1 aliphatic heterocycles. The van der Waals surface area contributed by atoms with Gasteiger partial charge < -0.3 is 14.2 Å². The quantitative estimate of drug-likeness (QED) is 0.190. The van der Waals surface area contributed by atoms with Crippen LogP contribution in [-0.4, -0.2) is 5.84 Å². The van der Waals surface area contributed by atoms with Crippen molar-refractivity contribution in [2.45, 2.75) is 25.3 Å². The first-order chi connectivity index (χ1) is 29.0. The minimum Gasteiger partial charge on any atom is -0.456 e. The molecule has 59 heavy (non-hydrogen) atoms. The predicted molar refractivity (Wildman–Crippen MR) is 243 cm³/mol. The molecule has 1 atom stereocenters. The van der Waals surface area contributed by atoms with Crippen LogP contribution in [-0.2, 0) is 5.41 Å². The Morgan fingerprint density at radius 2 is 1.03 bits per heavy atom. The number of para-hydroxylation sites is 2. The number of amidine groups is 1. The molecule has 280 valence electrons. The van der Waals surface area contributed by atoms with Crippen LogP contribution in [0, 0.1) is 0 Å². The van der Waals surface area contributed by atoms with Crippen molar-refractivity contribution in [2.24, 2.45) is 4.99 Å². The summed E-state index contributed by atoms with van der Waals surface area (Å²) in [5.74, 6) is 0.854. The van der Waals surface area contributed by atoms with E-state index >= 15 is 0 Å². The molecule has 8 aromatic carbocycles. The summed E-state index contributed by atoms with van der Waals surface area (Å²) in [6, 6.07) is 62.2. The van der Waals surface area contributed by atoms with Crippen LogP contribution in [0.25, 0.3) is 83.0 Å². The second-order valence-corrected chi connectivity index (χ2v) is 16.3. The number of nitrogens with one attached hydrogen (secondary N) is 1. The van der Waals surface area contributed by atoms with Crippen LogP contribution < -0.4 is 5.32 Å². The van der Waals surface area contributed by atoms with E-state index in [4.69, 9.17) is 13.8 Å². The molecule has 10 aromatic rings. The zero-order valence-corrected chi connectivity index (χ0v) is 32.7. The van der Waals surface area contributed by atoms with Crippen molar-refractivity contribution in [1.29, 1.82) is 0 Å². The number of hydrogen-bond acceptors (Lipinski definition) is 4. The number of benzene rings is 8. The molecule has 0 spiro atoms. The van der Waals surface area contributed by atoms with Crippen LogP contribution in [0.4, 0.5) is 0 Å². The van der Waals surface area contributed by atoms with Crippen LogP contribution in [0.3, 0.4) is 0 Å². The van der Waals surface area contributed by atoms with Gasteiger partial charge >= 0.3 is 0 Å². The Kier molecular flexibility index (Phi) is 7.30. The molecule has 0 amide bonds. The van der Waals surface area contributed by atoms with Gasteiger partial charge in [-0.3, -0.25) is 4.99 Å². The van der Waals surface area contributed by atoms with Crippen molar-refractivity contribution in [3.63, 3.8) is 0 Å². The Bertz CT molecular complexity index is 3330. The van der Waals surface area contributed by atoms with Gasteiger partial charge in [0, 0.05) is 38.2 Å². The lowest BCUT2D eigenvalue weighted by molar-refractivity contribution is 0.660. The van der Waals surface area contributed by atoms with Gasteiger partial charge in [0.15, 0.2) is 0 Å². The summed E-state index contributed by atoms with van der Waals surface area (Å²) in [6.45, 7) is 4.76. The average molecular weight is 759 g/mol. The zero-order chi connectivity index (χ0) is 39.2. The topological polar surface area (TPSA) is 50.7 Å². The molecule has 1 unspecified atom stereocenters. The summed E-state index contributed by atoms with van der Waals surface area (Å²) in [6.07, 6.45) is 2.30. The molecule has 12 rings (SSSR count). The molecule has 0 bridgehead atoms. The van der Waals surface area contributed by atoms with Crippen molar-refractivity contribution < 1.29 is 8.83 Å². The Balaban J connectivity index is 1.12. The Morgan fingerprint density at radius 3 is 1.69 bits per heavy atom. The van der Waals surface area contributed by atoms with Crippen LogP contribution in [0.2, 0.25) is 0 Å². The molecular weight excluding hydrogens is 721 g/mol. The molecule has 0 radical (unpaired) electrons. The fraction of sp³-hybridized carbons (Fsp3) is 0.0727. The summed E-state index contributed by atoms with van der Waals surface area (Å²) < 4.78 is 12.8. The third-order valence-electron chi connectivity index (χ3n) is 12.5. The van der Waals surface area contributed by atoms with Gasteiger partial charge in [0.05, 0.1) is 6.04 Å². The van der Waals surface area contributed by atoms with E-state index in [9.17, 15) is 0 Å². The van der Waals surface area contributed by atoms with Gasteiger partial charge in [-0.25, -0.2) is 0 Å². The lowest BCUT2D eigenvalue weighted by atomic mass is 9.79. The number of hydrogen-bond donors (Lipinski definition) is 1. The van der Waals surface area contributed by atoms with Crippen molar-refractivity contribution >= 4 is 55.4 Å². The first-order valence-corrected chi connectivity index (χ1v) is 20.3. The predicted octanol–water partition coefficient (Wildman–Crippen LogP) is 14.3. The third-order valence-corrected chi connectivity index (χ3v) is 12.5. The van der Waals surface area contributed by atoms with E-state index in [1.54, 1.807) is 0 Å². The maximum Gasteiger partial charge on any atom is 0.136 e. The van der Waals surface area contributed by atoms with Crippen molar-refractivity contribution in [3.05, 3.63) is 210 Å². The molecule has 2 aliphatic rings. The second kappa shape index (κ2) is 12.8. The van der Waals surface area contributed by atoms with Gasteiger partial charge in [-0.2, -0.15) is 0 Å². The van der Waals surface area contributed by atoms with E-state index < -0.39 is 0 Å². The van der Waals surface area contributed by atoms with E-state index in [2.05, 4.69) is 189 Å². The van der Waals surface area contributed by atoms with E-state index in [0.29, 0.717) is 0 Å². The van der Waals surface area contributed by atoms with Gasteiger partial charge in [-0.05, 0) is 104 Å². The Hall–Kier alpha value is -7.43. The zero-order valence-electron chi connectivity index (χ0n) is 32.7. The molecule has 0 saturated carbocycles. The van der Waals surface area contributed by atoms with E-state index in [-0.39, 0.29) is 11.5 Å². The Morgan fingerprint density at radius 1 is 0.475 bits per heavy atom. The summed E-state index contributed by atoms with van der Waals surface area (Å²) in [4.78, 5) is 5.56. The van der Waals surface area contributed by atoms with Crippen LogP contribution in [0.1, 0.15) is 47.7 Å². The van der Waals surface area contributed by atoms with Gasteiger partial charge in [-0.15, -0.1) is 0 Å². The number of nitrogens with zero attached hydrogens (tertiary/aromatic N) is 1. The van der Waals surface area contributed by atoms with E-state index in [1.165, 1.54) is 38.9 Å². The third kappa shape index (κ3) is 5.19. The summed E-state index contributed by atoms with van der Waals surface area (Å²) >= 11 is 0. The van der Waals surface area contributed by atoms with E-state index in [0.717, 1.165) is 77.7 Å². The van der Waals surface area contributed by atoms with Crippen molar-refractivity contribution in [3.8, 4) is 33.4 Å². The van der Waals surface area contributed by atoms with Crippen LogP contribution in [0.15, 0.2) is 196 Å². The molecule has 3 heterocycles. The average Bonchev–Trinajstić information content (AvgIpc) is 3.94. The molecule has 2 aromatic heterocycles. The number of rotatable bonds is 5. The lowest BCUT2D eigenvalue weighted by Gasteiger charge is -2.27. The number of furan rings is 2. The van der Waals surface area contributed by atoms with E-state index in [1.807, 2.05) is 12.1 Å². The summed E-state index contributed by atoms with van der Waals surface area (Å²) in [5.41, 5.74) is 17.4. The molecular formula is C55H38N2O2. The molecule has 1 aliphatic carbocycles. The van der Waals surface area contributed by atoms with Crippen molar-refractivity contribution in [2.75, 3.05) is 0 Å². The highest BCUT2D eigenvalue weighted by molar-refractivity contribution is 6.14. The number of fused-ring (bicyclic) bond motifs is 9. The fourth-order valence-corrected chi connectivity index (χ4v) is 9.69. The minimum absolute atomic E-state index is 0.275.